The standard InChI is InChI=1S/C14H17N3O2/c18-14(15-10-12-6-3-9-19-12)13-7-8-17(16-13)11-4-1-2-5-11/h3,6-9,11H,1-2,4-5,10H2,(H,15,18). The molecule has 0 radical (unpaired) electrons. The van der Waals surface area contributed by atoms with Crippen LogP contribution in [0.5, 0.6) is 0 Å². The lowest BCUT2D eigenvalue weighted by Gasteiger charge is -2.08. The highest BCUT2D eigenvalue weighted by Gasteiger charge is 2.19. The molecule has 0 unspecified atom stereocenters. The summed E-state index contributed by atoms with van der Waals surface area (Å²) >= 11 is 0. The van der Waals surface area contributed by atoms with Gasteiger partial charge in [0.2, 0.25) is 0 Å². The molecule has 1 saturated carbocycles. The summed E-state index contributed by atoms with van der Waals surface area (Å²) < 4.78 is 7.09. The average Bonchev–Trinajstić information content (AvgIpc) is 3.14. The lowest BCUT2D eigenvalue weighted by Crippen LogP contribution is -2.23. The van der Waals surface area contributed by atoms with Crippen LogP contribution in [0.1, 0.15) is 48.0 Å². The van der Waals surface area contributed by atoms with E-state index in [0.717, 1.165) is 18.6 Å². The number of rotatable bonds is 4. The molecule has 1 N–H and O–H groups in total. The van der Waals surface area contributed by atoms with Gasteiger partial charge >= 0.3 is 0 Å². The first kappa shape index (κ1) is 12.0. The third-order valence-corrected chi connectivity index (χ3v) is 3.54. The summed E-state index contributed by atoms with van der Waals surface area (Å²) in [6, 6.07) is 5.87. The van der Waals surface area contributed by atoms with Gasteiger partial charge in [-0.05, 0) is 31.0 Å². The number of carbonyl (C=O) groups is 1. The van der Waals surface area contributed by atoms with Crippen molar-refractivity contribution in [3.8, 4) is 0 Å². The molecule has 0 atom stereocenters. The third kappa shape index (κ3) is 2.70. The molecule has 2 heterocycles. The summed E-state index contributed by atoms with van der Waals surface area (Å²) in [5, 5.41) is 7.16. The first-order valence-electron chi connectivity index (χ1n) is 6.68. The number of hydrogen-bond donors (Lipinski definition) is 1. The van der Waals surface area contributed by atoms with Gasteiger partial charge in [0.1, 0.15) is 11.5 Å². The Labute approximate surface area is 111 Å². The maximum absolute atomic E-state index is 11.9. The maximum Gasteiger partial charge on any atom is 0.272 e. The largest absolute Gasteiger partial charge is 0.467 e. The van der Waals surface area contributed by atoms with Gasteiger partial charge < -0.3 is 9.73 Å². The van der Waals surface area contributed by atoms with Crippen molar-refractivity contribution in [2.75, 3.05) is 0 Å². The van der Waals surface area contributed by atoms with Crippen LogP contribution in [0.25, 0.3) is 0 Å². The zero-order chi connectivity index (χ0) is 13.1. The summed E-state index contributed by atoms with van der Waals surface area (Å²) in [6.07, 6.45) is 8.33. The smallest absolute Gasteiger partial charge is 0.272 e. The van der Waals surface area contributed by atoms with E-state index in [1.54, 1.807) is 18.4 Å². The van der Waals surface area contributed by atoms with Gasteiger partial charge in [0.05, 0.1) is 18.8 Å². The molecule has 5 nitrogen and oxygen atoms in total. The SMILES string of the molecule is O=C(NCc1ccco1)c1ccn(C2CCCC2)n1. The molecule has 1 fully saturated rings. The zero-order valence-electron chi connectivity index (χ0n) is 10.7. The van der Waals surface area contributed by atoms with Crippen molar-refractivity contribution in [2.24, 2.45) is 0 Å². The van der Waals surface area contributed by atoms with Gasteiger partial charge in [-0.3, -0.25) is 9.48 Å². The van der Waals surface area contributed by atoms with Crippen molar-refractivity contribution >= 4 is 5.91 Å². The van der Waals surface area contributed by atoms with Crippen LogP contribution in [0.2, 0.25) is 0 Å². The molecule has 1 amide bonds. The first-order chi connectivity index (χ1) is 9.33. The number of nitrogens with zero attached hydrogens (tertiary/aromatic N) is 2. The fraction of sp³-hybridized carbons (Fsp3) is 0.429. The molecule has 19 heavy (non-hydrogen) atoms. The van der Waals surface area contributed by atoms with Crippen LogP contribution >= 0.6 is 0 Å². The van der Waals surface area contributed by atoms with E-state index in [-0.39, 0.29) is 5.91 Å². The summed E-state index contributed by atoms with van der Waals surface area (Å²) in [7, 11) is 0. The van der Waals surface area contributed by atoms with E-state index >= 15 is 0 Å². The summed E-state index contributed by atoms with van der Waals surface area (Å²) in [4.78, 5) is 11.9. The predicted molar refractivity (Wildman–Crippen MR) is 69.6 cm³/mol. The number of nitrogens with one attached hydrogen (secondary N) is 1. The van der Waals surface area contributed by atoms with Crippen molar-refractivity contribution in [3.63, 3.8) is 0 Å². The fourth-order valence-electron chi connectivity index (χ4n) is 2.50. The van der Waals surface area contributed by atoms with Crippen molar-refractivity contribution in [3.05, 3.63) is 42.1 Å². The van der Waals surface area contributed by atoms with Crippen molar-refractivity contribution < 1.29 is 9.21 Å². The van der Waals surface area contributed by atoms with E-state index in [1.807, 2.05) is 16.9 Å². The minimum Gasteiger partial charge on any atom is -0.467 e. The Morgan fingerprint density at radius 3 is 3.00 bits per heavy atom. The molecule has 0 spiro atoms. The second kappa shape index (κ2) is 5.30. The molecule has 100 valence electrons. The Kier molecular flexibility index (Phi) is 3.35. The minimum atomic E-state index is -0.159. The van der Waals surface area contributed by atoms with Crippen LogP contribution in [0.4, 0.5) is 0 Å². The number of aromatic nitrogens is 2. The summed E-state index contributed by atoms with van der Waals surface area (Å²) in [5.41, 5.74) is 0.471. The van der Waals surface area contributed by atoms with Crippen LogP contribution in [-0.2, 0) is 6.54 Å². The number of furan rings is 1. The summed E-state index contributed by atoms with van der Waals surface area (Å²) in [6.45, 7) is 0.391. The highest BCUT2D eigenvalue weighted by Crippen LogP contribution is 2.28. The van der Waals surface area contributed by atoms with Gasteiger partial charge in [-0.1, -0.05) is 12.8 Å². The Morgan fingerprint density at radius 1 is 1.42 bits per heavy atom. The monoisotopic (exact) mass is 259 g/mol. The number of hydrogen-bond acceptors (Lipinski definition) is 3. The van der Waals surface area contributed by atoms with Gasteiger partial charge in [-0.15, -0.1) is 0 Å². The maximum atomic E-state index is 11.9. The van der Waals surface area contributed by atoms with Gasteiger partial charge in [0.15, 0.2) is 0 Å². The van der Waals surface area contributed by atoms with Crippen LogP contribution in [-0.4, -0.2) is 15.7 Å². The van der Waals surface area contributed by atoms with Crippen molar-refractivity contribution in [1.82, 2.24) is 15.1 Å². The second-order valence-corrected chi connectivity index (χ2v) is 4.88. The molecule has 5 heteroatoms. The van der Waals surface area contributed by atoms with Gasteiger partial charge in [0.25, 0.3) is 5.91 Å². The quantitative estimate of drug-likeness (QED) is 0.917. The summed E-state index contributed by atoms with van der Waals surface area (Å²) in [5.74, 6) is 0.580. The number of amides is 1. The Bertz CT molecular complexity index is 539. The minimum absolute atomic E-state index is 0.159. The Balaban J connectivity index is 1.60. The fourth-order valence-corrected chi connectivity index (χ4v) is 2.50. The van der Waals surface area contributed by atoms with E-state index in [9.17, 15) is 4.79 Å². The van der Waals surface area contributed by atoms with Crippen LogP contribution in [0.3, 0.4) is 0 Å². The van der Waals surface area contributed by atoms with Gasteiger partial charge in [-0.2, -0.15) is 5.10 Å². The van der Waals surface area contributed by atoms with Crippen molar-refractivity contribution in [1.29, 1.82) is 0 Å². The van der Waals surface area contributed by atoms with Crippen molar-refractivity contribution in [2.45, 2.75) is 38.3 Å². The predicted octanol–water partition coefficient (Wildman–Crippen LogP) is 2.52. The highest BCUT2D eigenvalue weighted by molar-refractivity contribution is 5.92. The molecule has 0 saturated heterocycles. The molecular formula is C14H17N3O2. The second-order valence-electron chi connectivity index (χ2n) is 4.88. The molecule has 0 bridgehead atoms. The van der Waals surface area contributed by atoms with Crippen LogP contribution in [0.15, 0.2) is 35.1 Å². The van der Waals surface area contributed by atoms with Gasteiger partial charge in [0, 0.05) is 6.20 Å². The normalized spacial score (nSPS) is 15.8. The Morgan fingerprint density at radius 2 is 2.26 bits per heavy atom. The van der Waals surface area contributed by atoms with Gasteiger partial charge in [-0.25, -0.2) is 0 Å². The topological polar surface area (TPSA) is 60.1 Å². The molecule has 3 rings (SSSR count). The molecule has 1 aliphatic carbocycles. The zero-order valence-corrected chi connectivity index (χ0v) is 10.7. The van der Waals surface area contributed by atoms with E-state index in [2.05, 4.69) is 10.4 Å². The Hall–Kier alpha value is -2.04. The molecular weight excluding hydrogens is 242 g/mol. The lowest BCUT2D eigenvalue weighted by atomic mass is 10.3. The molecule has 2 aromatic rings. The third-order valence-electron chi connectivity index (χ3n) is 3.54. The lowest BCUT2D eigenvalue weighted by molar-refractivity contribution is 0.0942. The first-order valence-corrected chi connectivity index (χ1v) is 6.68. The van der Waals surface area contributed by atoms with Crippen LogP contribution < -0.4 is 5.32 Å². The molecule has 1 aliphatic rings. The van der Waals surface area contributed by atoms with E-state index < -0.39 is 0 Å². The highest BCUT2D eigenvalue weighted by atomic mass is 16.3. The molecule has 0 aliphatic heterocycles. The van der Waals surface area contributed by atoms with E-state index in [4.69, 9.17) is 4.42 Å². The van der Waals surface area contributed by atoms with Crippen LogP contribution in [0, 0.1) is 0 Å². The van der Waals surface area contributed by atoms with E-state index in [0.29, 0.717) is 18.3 Å². The molecule has 2 aromatic heterocycles. The van der Waals surface area contributed by atoms with E-state index in [1.165, 1.54) is 12.8 Å². The number of carbonyl (C=O) groups excluding carboxylic acids is 1. The molecule has 0 aromatic carbocycles. The average molecular weight is 259 g/mol.